The first-order valence-electron chi connectivity index (χ1n) is 7.29. The maximum absolute atomic E-state index is 13.6. The summed E-state index contributed by atoms with van der Waals surface area (Å²) in [6, 6.07) is 4.32. The number of amides is 1. The molecule has 2 aromatic rings. The fraction of sp³-hybridized carbons (Fsp3) is 0.375. The molecular formula is C16H16Cl2F3N3O. The molecule has 1 aromatic heterocycles. The van der Waals surface area contributed by atoms with Crippen LogP contribution in [0.3, 0.4) is 0 Å². The van der Waals surface area contributed by atoms with Crippen LogP contribution >= 0.6 is 23.2 Å². The molecule has 0 aliphatic carbocycles. The number of alkyl halides is 3. The fourth-order valence-corrected chi connectivity index (χ4v) is 2.68. The van der Waals surface area contributed by atoms with Gasteiger partial charge in [0, 0.05) is 6.54 Å². The summed E-state index contributed by atoms with van der Waals surface area (Å²) >= 11 is 12.0. The second kappa shape index (κ2) is 6.88. The summed E-state index contributed by atoms with van der Waals surface area (Å²) in [5.74, 6) is -0.913. The zero-order valence-electron chi connectivity index (χ0n) is 13.7. The Morgan fingerprint density at radius 1 is 1.20 bits per heavy atom. The van der Waals surface area contributed by atoms with Crippen molar-refractivity contribution in [1.82, 2.24) is 14.9 Å². The lowest BCUT2D eigenvalue weighted by Gasteiger charge is -2.19. The Morgan fingerprint density at radius 2 is 1.76 bits per heavy atom. The summed E-state index contributed by atoms with van der Waals surface area (Å²) in [7, 11) is 0. The van der Waals surface area contributed by atoms with Crippen LogP contribution in [0.5, 0.6) is 0 Å². The third kappa shape index (κ3) is 4.46. The van der Waals surface area contributed by atoms with Gasteiger partial charge >= 0.3 is 6.18 Å². The van der Waals surface area contributed by atoms with E-state index in [2.05, 4.69) is 10.3 Å². The van der Waals surface area contributed by atoms with Crippen molar-refractivity contribution in [3.05, 3.63) is 46.0 Å². The molecule has 4 nitrogen and oxygen atoms in total. The highest BCUT2D eigenvalue weighted by Gasteiger charge is 2.41. The number of nitrogens with one attached hydrogen (secondary N) is 1. The third-order valence-electron chi connectivity index (χ3n) is 3.21. The number of nitrogens with zero attached hydrogens (tertiary/aromatic N) is 2. The summed E-state index contributed by atoms with van der Waals surface area (Å²) in [5, 5.41) is 2.49. The molecule has 25 heavy (non-hydrogen) atoms. The van der Waals surface area contributed by atoms with Gasteiger partial charge in [0.05, 0.1) is 15.7 Å². The molecule has 1 heterocycles. The van der Waals surface area contributed by atoms with Crippen LogP contribution in [0.2, 0.25) is 10.0 Å². The van der Waals surface area contributed by atoms with Gasteiger partial charge < -0.3 is 5.32 Å². The van der Waals surface area contributed by atoms with E-state index >= 15 is 0 Å². The predicted octanol–water partition coefficient (Wildman–Crippen LogP) is 4.97. The summed E-state index contributed by atoms with van der Waals surface area (Å²) < 4.78 is 41.5. The Labute approximate surface area is 152 Å². The lowest BCUT2D eigenvalue weighted by molar-refractivity contribution is -0.142. The van der Waals surface area contributed by atoms with Gasteiger partial charge in [-0.05, 0) is 17.5 Å². The van der Waals surface area contributed by atoms with Crippen LogP contribution in [-0.2, 0) is 6.18 Å². The van der Waals surface area contributed by atoms with E-state index in [-0.39, 0.29) is 27.7 Å². The first kappa shape index (κ1) is 19.6. The molecule has 0 saturated carbocycles. The molecule has 9 heteroatoms. The standard InChI is InChI=1S/C16H16Cl2F3N3O/c1-15(2,3)7-22-14(25)11-13(16(19,20)21)24(8-23-11)12-9(17)5-4-6-10(12)18/h4-6,8H,7H2,1-3H3,(H,22,25). The predicted molar refractivity (Wildman–Crippen MR) is 90.4 cm³/mol. The Balaban J connectivity index is 2.55. The Bertz CT molecular complexity index is 775. The van der Waals surface area contributed by atoms with Crippen LogP contribution < -0.4 is 5.32 Å². The zero-order chi connectivity index (χ0) is 19.0. The highest BCUT2D eigenvalue weighted by molar-refractivity contribution is 6.37. The summed E-state index contributed by atoms with van der Waals surface area (Å²) in [4.78, 5) is 15.9. The van der Waals surface area contributed by atoms with Crippen molar-refractivity contribution in [2.75, 3.05) is 6.54 Å². The average molecular weight is 394 g/mol. The van der Waals surface area contributed by atoms with Gasteiger partial charge in [-0.2, -0.15) is 13.2 Å². The largest absolute Gasteiger partial charge is 0.434 e. The number of carbonyl (C=O) groups is 1. The van der Waals surface area contributed by atoms with Gasteiger partial charge in [-0.15, -0.1) is 0 Å². The quantitative estimate of drug-likeness (QED) is 0.799. The van der Waals surface area contributed by atoms with Crippen LogP contribution in [-0.4, -0.2) is 22.0 Å². The minimum Gasteiger partial charge on any atom is -0.350 e. The normalized spacial score (nSPS) is 12.3. The number of rotatable bonds is 3. The Morgan fingerprint density at radius 3 is 2.24 bits per heavy atom. The molecule has 2 rings (SSSR count). The maximum atomic E-state index is 13.6. The molecule has 136 valence electrons. The fourth-order valence-electron chi connectivity index (χ4n) is 2.10. The van der Waals surface area contributed by atoms with Crippen molar-refractivity contribution in [3.63, 3.8) is 0 Å². The van der Waals surface area contributed by atoms with E-state index < -0.39 is 23.5 Å². The third-order valence-corrected chi connectivity index (χ3v) is 3.82. The van der Waals surface area contributed by atoms with Crippen molar-refractivity contribution >= 4 is 29.1 Å². The van der Waals surface area contributed by atoms with Gasteiger partial charge in [0.1, 0.15) is 6.33 Å². The summed E-state index contributed by atoms with van der Waals surface area (Å²) in [5.41, 5.74) is -2.33. The molecule has 0 aliphatic rings. The van der Waals surface area contributed by atoms with Gasteiger partial charge in [0.25, 0.3) is 5.91 Å². The number of halogens is 5. The van der Waals surface area contributed by atoms with Crippen LogP contribution in [0, 0.1) is 5.41 Å². The molecule has 0 fully saturated rings. The SMILES string of the molecule is CC(C)(C)CNC(=O)c1ncn(-c2c(Cl)cccc2Cl)c1C(F)(F)F. The van der Waals surface area contributed by atoms with Crippen molar-refractivity contribution in [1.29, 1.82) is 0 Å². The molecule has 0 saturated heterocycles. The minimum atomic E-state index is -4.83. The van der Waals surface area contributed by atoms with Crippen molar-refractivity contribution < 1.29 is 18.0 Å². The molecule has 1 amide bonds. The maximum Gasteiger partial charge on any atom is 0.434 e. The number of hydrogen-bond donors (Lipinski definition) is 1. The zero-order valence-corrected chi connectivity index (χ0v) is 15.2. The molecular weight excluding hydrogens is 378 g/mol. The van der Waals surface area contributed by atoms with Gasteiger partial charge in [-0.3, -0.25) is 9.36 Å². The van der Waals surface area contributed by atoms with Crippen LogP contribution in [0.1, 0.15) is 37.0 Å². The molecule has 0 bridgehead atoms. The number of imidazole rings is 1. The number of para-hydroxylation sites is 1. The average Bonchev–Trinajstić information content (AvgIpc) is 2.88. The van der Waals surface area contributed by atoms with E-state index in [0.717, 1.165) is 6.33 Å². The number of benzene rings is 1. The van der Waals surface area contributed by atoms with Crippen molar-refractivity contribution in [3.8, 4) is 5.69 Å². The highest BCUT2D eigenvalue weighted by Crippen LogP contribution is 2.37. The summed E-state index contributed by atoms with van der Waals surface area (Å²) in [6.07, 6.45) is -3.94. The number of aromatic nitrogens is 2. The second-order valence-electron chi connectivity index (χ2n) is 6.62. The monoisotopic (exact) mass is 393 g/mol. The lowest BCUT2D eigenvalue weighted by Crippen LogP contribution is -2.33. The Kier molecular flexibility index (Phi) is 5.39. The van der Waals surface area contributed by atoms with E-state index in [4.69, 9.17) is 23.2 Å². The van der Waals surface area contributed by atoms with Crippen molar-refractivity contribution in [2.45, 2.75) is 26.9 Å². The molecule has 0 spiro atoms. The number of hydrogen-bond acceptors (Lipinski definition) is 2. The molecule has 0 radical (unpaired) electrons. The topological polar surface area (TPSA) is 46.9 Å². The van der Waals surface area contributed by atoms with E-state index in [0.29, 0.717) is 4.57 Å². The first-order chi connectivity index (χ1) is 11.4. The molecule has 0 atom stereocenters. The highest BCUT2D eigenvalue weighted by atomic mass is 35.5. The minimum absolute atomic E-state index is 0.0112. The molecule has 0 unspecified atom stereocenters. The molecule has 1 N–H and O–H groups in total. The summed E-state index contributed by atoms with van der Waals surface area (Å²) in [6.45, 7) is 5.74. The van der Waals surface area contributed by atoms with Crippen LogP contribution in [0.15, 0.2) is 24.5 Å². The van der Waals surface area contributed by atoms with E-state index in [1.165, 1.54) is 18.2 Å². The molecule has 0 aliphatic heterocycles. The molecule has 1 aromatic carbocycles. The second-order valence-corrected chi connectivity index (χ2v) is 7.44. The Hall–Kier alpha value is -1.73. The van der Waals surface area contributed by atoms with Crippen LogP contribution in [0.25, 0.3) is 5.69 Å². The van der Waals surface area contributed by atoms with E-state index in [1.54, 1.807) is 0 Å². The smallest absolute Gasteiger partial charge is 0.350 e. The lowest BCUT2D eigenvalue weighted by atomic mass is 9.97. The van der Waals surface area contributed by atoms with Gasteiger partial charge in [-0.25, -0.2) is 4.98 Å². The van der Waals surface area contributed by atoms with E-state index in [1.807, 2.05) is 20.8 Å². The van der Waals surface area contributed by atoms with Crippen LogP contribution in [0.4, 0.5) is 13.2 Å². The van der Waals surface area contributed by atoms with E-state index in [9.17, 15) is 18.0 Å². The van der Waals surface area contributed by atoms with Crippen molar-refractivity contribution in [2.24, 2.45) is 5.41 Å². The number of carbonyl (C=O) groups excluding carboxylic acids is 1. The van der Waals surface area contributed by atoms with Gasteiger partial charge in [-0.1, -0.05) is 50.0 Å². The van der Waals surface area contributed by atoms with Gasteiger partial charge in [0.2, 0.25) is 0 Å². The van der Waals surface area contributed by atoms with Gasteiger partial charge in [0.15, 0.2) is 11.4 Å². The first-order valence-corrected chi connectivity index (χ1v) is 8.04.